The van der Waals surface area contributed by atoms with E-state index >= 15 is 0 Å². The lowest BCUT2D eigenvalue weighted by Crippen LogP contribution is -2.43. The number of fused-ring (bicyclic) bond motifs is 1. The fourth-order valence-corrected chi connectivity index (χ4v) is 3.99. The summed E-state index contributed by atoms with van der Waals surface area (Å²) < 4.78 is 5.86. The molecule has 1 aliphatic carbocycles. The highest BCUT2D eigenvalue weighted by Crippen LogP contribution is 2.30. The molecule has 2 amide bonds. The maximum absolute atomic E-state index is 13.4. The second-order valence-electron chi connectivity index (χ2n) is 7.88. The van der Waals surface area contributed by atoms with Gasteiger partial charge in [-0.05, 0) is 61.4 Å². The largest absolute Gasteiger partial charge is 0.483 e. The Morgan fingerprint density at radius 2 is 1.86 bits per heavy atom. The van der Waals surface area contributed by atoms with Crippen molar-refractivity contribution in [3.05, 3.63) is 42.0 Å². The van der Waals surface area contributed by atoms with E-state index in [0.717, 1.165) is 49.4 Å². The third-order valence-corrected chi connectivity index (χ3v) is 5.74. The third-order valence-electron chi connectivity index (χ3n) is 5.74. The van der Waals surface area contributed by atoms with E-state index in [1.807, 2.05) is 41.3 Å². The van der Waals surface area contributed by atoms with Gasteiger partial charge in [0.1, 0.15) is 5.75 Å². The van der Waals surface area contributed by atoms with Crippen molar-refractivity contribution in [1.29, 1.82) is 0 Å². The molecule has 5 heteroatoms. The Kier molecular flexibility index (Phi) is 5.51. The van der Waals surface area contributed by atoms with E-state index in [0.29, 0.717) is 17.4 Å². The molecule has 148 valence electrons. The zero-order chi connectivity index (χ0) is 19.5. The minimum atomic E-state index is -0.126. The number of carbonyl (C=O) groups is 2. The Hall–Kier alpha value is -2.56. The van der Waals surface area contributed by atoms with E-state index in [4.69, 9.17) is 4.74 Å². The van der Waals surface area contributed by atoms with Crippen LogP contribution < -0.4 is 10.1 Å². The van der Waals surface area contributed by atoms with Gasteiger partial charge in [0.25, 0.3) is 11.8 Å². The summed E-state index contributed by atoms with van der Waals surface area (Å²) in [6.45, 7) is 2.86. The monoisotopic (exact) mass is 380 g/mol. The predicted molar refractivity (Wildman–Crippen MR) is 110 cm³/mol. The van der Waals surface area contributed by atoms with Gasteiger partial charge in [0.2, 0.25) is 0 Å². The molecule has 2 fully saturated rings. The number of nitrogens with one attached hydrogen (secondary N) is 1. The maximum Gasteiger partial charge on any atom is 0.258 e. The fraction of sp³-hybridized carbons (Fsp3) is 0.478. The number of piperidine rings is 1. The number of carbonyl (C=O) groups excluding carboxylic acids is 2. The lowest BCUT2D eigenvalue weighted by molar-refractivity contribution is -0.123. The van der Waals surface area contributed by atoms with Gasteiger partial charge in [0, 0.05) is 18.6 Å². The minimum Gasteiger partial charge on any atom is -0.483 e. The molecule has 1 heterocycles. The van der Waals surface area contributed by atoms with E-state index < -0.39 is 0 Å². The number of nitrogens with zero attached hydrogens (tertiary/aromatic N) is 1. The molecule has 5 nitrogen and oxygen atoms in total. The van der Waals surface area contributed by atoms with Crippen LogP contribution in [0, 0.1) is 0 Å². The van der Waals surface area contributed by atoms with E-state index in [-0.39, 0.29) is 24.5 Å². The minimum absolute atomic E-state index is 0.00917. The van der Waals surface area contributed by atoms with Gasteiger partial charge in [0.15, 0.2) is 6.61 Å². The summed E-state index contributed by atoms with van der Waals surface area (Å²) in [7, 11) is 0. The summed E-state index contributed by atoms with van der Waals surface area (Å²) in [6.07, 6.45) is 6.30. The predicted octanol–water partition coefficient (Wildman–Crippen LogP) is 3.90. The highest BCUT2D eigenvalue weighted by atomic mass is 16.5. The first-order chi connectivity index (χ1) is 13.7. The summed E-state index contributed by atoms with van der Waals surface area (Å²) in [5.41, 5.74) is 0.554. The highest BCUT2D eigenvalue weighted by molar-refractivity contribution is 6.02. The number of likely N-dealkylation sites (tertiary alicyclic amines) is 1. The van der Waals surface area contributed by atoms with Crippen molar-refractivity contribution < 1.29 is 14.3 Å². The molecule has 0 bridgehead atoms. The molecule has 1 saturated carbocycles. The molecule has 1 unspecified atom stereocenters. The molecule has 0 spiro atoms. The summed E-state index contributed by atoms with van der Waals surface area (Å²) >= 11 is 0. The smallest absolute Gasteiger partial charge is 0.258 e. The van der Waals surface area contributed by atoms with Gasteiger partial charge in [-0.25, -0.2) is 0 Å². The molecule has 1 atom stereocenters. The quantitative estimate of drug-likeness (QED) is 0.827. The van der Waals surface area contributed by atoms with E-state index in [9.17, 15) is 9.59 Å². The molecule has 1 aliphatic heterocycles. The number of hydrogen-bond donors (Lipinski definition) is 1. The number of rotatable bonds is 6. The second kappa shape index (κ2) is 8.21. The number of amides is 2. The van der Waals surface area contributed by atoms with Gasteiger partial charge in [-0.15, -0.1) is 0 Å². The zero-order valence-electron chi connectivity index (χ0n) is 16.4. The maximum atomic E-state index is 13.4. The van der Waals surface area contributed by atoms with Crippen LogP contribution in [0.25, 0.3) is 10.8 Å². The summed E-state index contributed by atoms with van der Waals surface area (Å²) in [5.74, 6) is 0.378. The van der Waals surface area contributed by atoms with Crippen LogP contribution in [0.15, 0.2) is 36.4 Å². The zero-order valence-corrected chi connectivity index (χ0v) is 16.4. The summed E-state index contributed by atoms with van der Waals surface area (Å²) in [4.78, 5) is 27.5. The molecule has 28 heavy (non-hydrogen) atoms. The molecular weight excluding hydrogens is 352 g/mol. The van der Waals surface area contributed by atoms with Crippen LogP contribution in [0.5, 0.6) is 5.75 Å². The van der Waals surface area contributed by atoms with E-state index in [1.165, 1.54) is 6.42 Å². The SMILES string of the molecule is CCC1CCCCN1C(=O)c1cc2ccccc2cc1OCC(=O)NC1CC1. The van der Waals surface area contributed by atoms with Crippen molar-refractivity contribution >= 4 is 22.6 Å². The first-order valence-corrected chi connectivity index (χ1v) is 10.4. The van der Waals surface area contributed by atoms with Crippen LogP contribution in [-0.4, -0.2) is 41.9 Å². The van der Waals surface area contributed by atoms with Gasteiger partial charge in [0.05, 0.1) is 5.56 Å². The molecule has 4 rings (SSSR count). The second-order valence-corrected chi connectivity index (χ2v) is 7.88. The van der Waals surface area contributed by atoms with Gasteiger partial charge in [-0.2, -0.15) is 0 Å². The third kappa shape index (κ3) is 4.13. The molecule has 2 aromatic rings. The Labute approximate surface area is 166 Å². The Balaban J connectivity index is 1.62. The fourth-order valence-electron chi connectivity index (χ4n) is 3.99. The number of hydrogen-bond acceptors (Lipinski definition) is 3. The first-order valence-electron chi connectivity index (χ1n) is 10.4. The molecule has 1 saturated heterocycles. The Morgan fingerprint density at radius 3 is 2.57 bits per heavy atom. The van der Waals surface area contributed by atoms with E-state index in [1.54, 1.807) is 0 Å². The molecular formula is C23H28N2O3. The summed E-state index contributed by atoms with van der Waals surface area (Å²) in [6, 6.07) is 12.3. The normalized spacial score (nSPS) is 19.5. The average Bonchev–Trinajstić information content (AvgIpc) is 3.55. The molecule has 0 aromatic heterocycles. The highest BCUT2D eigenvalue weighted by Gasteiger charge is 2.29. The topological polar surface area (TPSA) is 58.6 Å². The lowest BCUT2D eigenvalue weighted by atomic mass is 9.98. The number of ether oxygens (including phenoxy) is 1. The van der Waals surface area contributed by atoms with Crippen molar-refractivity contribution in [2.75, 3.05) is 13.2 Å². The van der Waals surface area contributed by atoms with Crippen LogP contribution in [0.1, 0.15) is 55.8 Å². The van der Waals surface area contributed by atoms with Gasteiger partial charge in [-0.3, -0.25) is 9.59 Å². The van der Waals surface area contributed by atoms with Crippen LogP contribution in [0.3, 0.4) is 0 Å². The molecule has 1 N–H and O–H groups in total. The van der Waals surface area contributed by atoms with Gasteiger partial charge in [-0.1, -0.05) is 31.2 Å². The van der Waals surface area contributed by atoms with Crippen molar-refractivity contribution in [1.82, 2.24) is 10.2 Å². The average molecular weight is 380 g/mol. The standard InChI is InChI=1S/C23H28N2O3/c1-2-19-9-5-6-12-25(19)23(27)20-13-16-7-3-4-8-17(16)14-21(20)28-15-22(26)24-18-10-11-18/h3-4,7-8,13-14,18-19H,2,5-6,9-12,15H2,1H3,(H,24,26). The van der Waals surface area contributed by atoms with Crippen LogP contribution in [0.4, 0.5) is 0 Å². The van der Waals surface area contributed by atoms with Crippen molar-refractivity contribution in [3.8, 4) is 5.75 Å². The summed E-state index contributed by atoms with van der Waals surface area (Å²) in [5, 5.41) is 4.94. The van der Waals surface area contributed by atoms with Crippen molar-refractivity contribution in [2.45, 2.75) is 57.5 Å². The van der Waals surface area contributed by atoms with Crippen LogP contribution >= 0.6 is 0 Å². The Morgan fingerprint density at radius 1 is 1.11 bits per heavy atom. The van der Waals surface area contributed by atoms with E-state index in [2.05, 4.69) is 12.2 Å². The van der Waals surface area contributed by atoms with Crippen molar-refractivity contribution in [3.63, 3.8) is 0 Å². The van der Waals surface area contributed by atoms with Gasteiger partial charge < -0.3 is 15.0 Å². The molecule has 2 aliphatic rings. The number of benzene rings is 2. The first kappa shape index (κ1) is 18.8. The molecule has 0 radical (unpaired) electrons. The van der Waals surface area contributed by atoms with Gasteiger partial charge >= 0.3 is 0 Å². The van der Waals surface area contributed by atoms with Crippen LogP contribution in [0.2, 0.25) is 0 Å². The molecule has 2 aromatic carbocycles. The van der Waals surface area contributed by atoms with Crippen LogP contribution in [-0.2, 0) is 4.79 Å². The van der Waals surface area contributed by atoms with Crippen molar-refractivity contribution in [2.24, 2.45) is 0 Å². The Bertz CT molecular complexity index is 875. The lowest BCUT2D eigenvalue weighted by Gasteiger charge is -2.35.